The van der Waals surface area contributed by atoms with Gasteiger partial charge in [-0.2, -0.15) is 5.10 Å². The Morgan fingerprint density at radius 1 is 1.44 bits per heavy atom. The lowest BCUT2D eigenvalue weighted by molar-refractivity contribution is 0.0933. The Morgan fingerprint density at radius 2 is 2.11 bits per heavy atom. The Hall–Kier alpha value is -0.640. The van der Waals surface area contributed by atoms with E-state index in [2.05, 4.69) is 21.0 Å². The van der Waals surface area contributed by atoms with Crippen LogP contribution in [0.15, 0.2) is 10.7 Å². The molecule has 0 amide bonds. The van der Waals surface area contributed by atoms with Gasteiger partial charge in [0.15, 0.2) is 5.78 Å². The fourth-order valence-corrected chi connectivity index (χ4v) is 5.17. The third-order valence-electron chi connectivity index (χ3n) is 5.37. The summed E-state index contributed by atoms with van der Waals surface area (Å²) < 4.78 is 2.70. The molecule has 96 valence electrons. The maximum absolute atomic E-state index is 12.7. The zero-order chi connectivity index (χ0) is 12.4. The molecule has 4 atom stereocenters. The van der Waals surface area contributed by atoms with E-state index in [0.717, 1.165) is 28.5 Å². The van der Waals surface area contributed by atoms with Crippen molar-refractivity contribution >= 4 is 21.7 Å². The summed E-state index contributed by atoms with van der Waals surface area (Å²) >= 11 is 3.48. The summed E-state index contributed by atoms with van der Waals surface area (Å²) in [7, 11) is 0. The third kappa shape index (κ3) is 1.30. The lowest BCUT2D eigenvalue weighted by Crippen LogP contribution is -2.15. The number of halogens is 1. The SMILES string of the molecule is CCn1ncc(Br)c1C(=O)C1C2C3CCC(C3)C12. The summed E-state index contributed by atoms with van der Waals surface area (Å²) in [5.74, 6) is 3.78. The van der Waals surface area contributed by atoms with Gasteiger partial charge in [0.1, 0.15) is 5.69 Å². The van der Waals surface area contributed by atoms with Crippen LogP contribution < -0.4 is 0 Å². The normalized spacial score (nSPS) is 40.0. The first-order valence-corrected chi connectivity index (χ1v) is 7.77. The molecule has 1 aromatic heterocycles. The number of carbonyl (C=O) groups excluding carboxylic acids is 1. The minimum absolute atomic E-state index is 0.314. The molecule has 3 aliphatic carbocycles. The number of rotatable bonds is 3. The molecule has 4 rings (SSSR count). The van der Waals surface area contributed by atoms with Gasteiger partial charge in [0.05, 0.1) is 10.7 Å². The largest absolute Gasteiger partial charge is 0.292 e. The van der Waals surface area contributed by atoms with Gasteiger partial charge in [-0.3, -0.25) is 9.48 Å². The molecule has 1 heterocycles. The Balaban J connectivity index is 1.64. The number of aromatic nitrogens is 2. The van der Waals surface area contributed by atoms with Crippen molar-refractivity contribution in [3.05, 3.63) is 16.4 Å². The minimum atomic E-state index is 0.314. The van der Waals surface area contributed by atoms with Crippen LogP contribution in [0.2, 0.25) is 0 Å². The predicted octanol–water partition coefficient (Wildman–Crippen LogP) is 3.14. The molecule has 0 aromatic carbocycles. The predicted molar refractivity (Wildman–Crippen MR) is 71.2 cm³/mol. The molecule has 0 radical (unpaired) electrons. The van der Waals surface area contributed by atoms with Gasteiger partial charge in [-0.05, 0) is 65.8 Å². The molecule has 3 saturated carbocycles. The van der Waals surface area contributed by atoms with Crippen molar-refractivity contribution in [3.8, 4) is 0 Å². The molecule has 4 unspecified atom stereocenters. The van der Waals surface area contributed by atoms with Crippen LogP contribution in [0.5, 0.6) is 0 Å². The number of carbonyl (C=O) groups is 1. The van der Waals surface area contributed by atoms with Gasteiger partial charge < -0.3 is 0 Å². The van der Waals surface area contributed by atoms with Gasteiger partial charge in [-0.25, -0.2) is 0 Å². The van der Waals surface area contributed by atoms with Crippen LogP contribution in [0.4, 0.5) is 0 Å². The number of hydrogen-bond acceptors (Lipinski definition) is 2. The van der Waals surface area contributed by atoms with E-state index < -0.39 is 0 Å². The number of ketones is 1. The monoisotopic (exact) mass is 308 g/mol. The summed E-state index contributed by atoms with van der Waals surface area (Å²) in [6.07, 6.45) is 5.88. The van der Waals surface area contributed by atoms with E-state index in [1.165, 1.54) is 19.3 Å². The number of Topliss-reactive ketones (excluding diaryl/α,β-unsaturated/α-hetero) is 1. The molecule has 0 spiro atoms. The molecule has 4 heteroatoms. The zero-order valence-corrected chi connectivity index (χ0v) is 12.1. The van der Waals surface area contributed by atoms with Gasteiger partial charge >= 0.3 is 0 Å². The smallest absolute Gasteiger partial charge is 0.185 e. The molecular weight excluding hydrogens is 292 g/mol. The van der Waals surface area contributed by atoms with Crippen molar-refractivity contribution in [1.82, 2.24) is 9.78 Å². The first-order valence-electron chi connectivity index (χ1n) is 6.98. The number of aryl methyl sites for hydroxylation is 1. The summed E-state index contributed by atoms with van der Waals surface area (Å²) in [5.41, 5.74) is 0.802. The molecule has 2 bridgehead atoms. The topological polar surface area (TPSA) is 34.9 Å². The average molecular weight is 309 g/mol. The van der Waals surface area contributed by atoms with Crippen LogP contribution in [-0.2, 0) is 6.54 Å². The molecule has 18 heavy (non-hydrogen) atoms. The van der Waals surface area contributed by atoms with Crippen LogP contribution in [-0.4, -0.2) is 15.6 Å². The number of nitrogens with zero attached hydrogens (tertiary/aromatic N) is 2. The van der Waals surface area contributed by atoms with Crippen LogP contribution in [0.25, 0.3) is 0 Å². The Bertz CT molecular complexity index is 508. The summed E-state index contributed by atoms with van der Waals surface area (Å²) in [6.45, 7) is 2.80. The molecule has 0 saturated heterocycles. The van der Waals surface area contributed by atoms with Crippen LogP contribution in [0.3, 0.4) is 0 Å². The first-order chi connectivity index (χ1) is 8.72. The van der Waals surface area contributed by atoms with Gasteiger partial charge in [-0.1, -0.05) is 0 Å². The highest BCUT2D eigenvalue weighted by Crippen LogP contribution is 2.70. The zero-order valence-electron chi connectivity index (χ0n) is 10.5. The van der Waals surface area contributed by atoms with E-state index in [1.807, 2.05) is 11.6 Å². The Labute approximate surface area is 115 Å². The molecular formula is C14H17BrN2O. The summed E-state index contributed by atoms with van der Waals surface area (Å²) in [4.78, 5) is 12.7. The number of hydrogen-bond donors (Lipinski definition) is 0. The summed E-state index contributed by atoms with van der Waals surface area (Å²) in [5, 5.41) is 4.26. The highest BCUT2D eigenvalue weighted by atomic mass is 79.9. The van der Waals surface area contributed by atoms with Crippen molar-refractivity contribution in [2.45, 2.75) is 32.7 Å². The molecule has 0 aliphatic heterocycles. The average Bonchev–Trinajstić information content (AvgIpc) is 2.71. The molecule has 3 fully saturated rings. The maximum Gasteiger partial charge on any atom is 0.185 e. The van der Waals surface area contributed by atoms with Gasteiger partial charge in [0, 0.05) is 12.5 Å². The van der Waals surface area contributed by atoms with E-state index in [0.29, 0.717) is 23.5 Å². The van der Waals surface area contributed by atoms with Gasteiger partial charge in [0.2, 0.25) is 0 Å². The molecule has 0 N–H and O–H groups in total. The highest BCUT2D eigenvalue weighted by molar-refractivity contribution is 9.10. The molecule has 3 aliphatic rings. The van der Waals surface area contributed by atoms with E-state index in [4.69, 9.17) is 0 Å². The second-order valence-electron chi connectivity index (χ2n) is 6.03. The van der Waals surface area contributed by atoms with Crippen LogP contribution >= 0.6 is 15.9 Å². The van der Waals surface area contributed by atoms with Crippen molar-refractivity contribution in [2.24, 2.45) is 29.6 Å². The van der Waals surface area contributed by atoms with E-state index in [9.17, 15) is 4.79 Å². The lowest BCUT2D eigenvalue weighted by Gasteiger charge is -2.09. The maximum atomic E-state index is 12.7. The van der Waals surface area contributed by atoms with Crippen molar-refractivity contribution < 1.29 is 4.79 Å². The fourth-order valence-electron chi connectivity index (χ4n) is 4.68. The van der Waals surface area contributed by atoms with Gasteiger partial charge in [0.25, 0.3) is 0 Å². The van der Waals surface area contributed by atoms with Crippen molar-refractivity contribution in [3.63, 3.8) is 0 Å². The highest BCUT2D eigenvalue weighted by Gasteiger charge is 2.67. The summed E-state index contributed by atoms with van der Waals surface area (Å²) in [6, 6.07) is 0. The Morgan fingerprint density at radius 3 is 2.72 bits per heavy atom. The van der Waals surface area contributed by atoms with Crippen LogP contribution in [0.1, 0.15) is 36.7 Å². The second kappa shape index (κ2) is 3.69. The lowest BCUT2D eigenvalue weighted by atomic mass is 9.98. The van der Waals surface area contributed by atoms with E-state index in [-0.39, 0.29) is 0 Å². The standard InChI is InChI=1S/C14H17BrN2O/c1-2-17-13(9(15)6-16-17)14(18)12-10-7-3-4-8(5-7)11(10)12/h6-8,10-12H,2-5H2,1H3. The molecule has 1 aromatic rings. The van der Waals surface area contributed by atoms with Crippen LogP contribution in [0, 0.1) is 29.6 Å². The first kappa shape index (κ1) is 11.2. The second-order valence-corrected chi connectivity index (χ2v) is 6.89. The van der Waals surface area contributed by atoms with Gasteiger partial charge in [-0.15, -0.1) is 0 Å². The Kier molecular flexibility index (Phi) is 2.30. The minimum Gasteiger partial charge on any atom is -0.292 e. The molecule has 3 nitrogen and oxygen atoms in total. The quantitative estimate of drug-likeness (QED) is 0.804. The van der Waals surface area contributed by atoms with Crippen molar-refractivity contribution in [1.29, 1.82) is 0 Å². The fraction of sp³-hybridized carbons (Fsp3) is 0.714. The van der Waals surface area contributed by atoms with Crippen molar-refractivity contribution in [2.75, 3.05) is 0 Å². The third-order valence-corrected chi connectivity index (χ3v) is 5.95. The number of fused-ring (bicyclic) bond motifs is 5. The van der Waals surface area contributed by atoms with E-state index >= 15 is 0 Å². The van der Waals surface area contributed by atoms with E-state index in [1.54, 1.807) is 6.20 Å².